The summed E-state index contributed by atoms with van der Waals surface area (Å²) in [7, 11) is 0. The van der Waals surface area contributed by atoms with Crippen LogP contribution in [0.4, 0.5) is 0 Å². The average molecular weight is 253 g/mol. The summed E-state index contributed by atoms with van der Waals surface area (Å²) in [6, 6.07) is 0.490. The van der Waals surface area contributed by atoms with Crippen molar-refractivity contribution in [1.29, 1.82) is 0 Å². The van der Waals surface area contributed by atoms with Crippen LogP contribution in [0.2, 0.25) is 0 Å². The Kier molecular flexibility index (Phi) is 9.65. The SMILES string of the molecule is CCCCCCCCCC(N)CC1CCCCC1. The van der Waals surface area contributed by atoms with Crippen LogP contribution < -0.4 is 5.73 Å². The molecule has 1 unspecified atom stereocenters. The Bertz CT molecular complexity index is 172. The van der Waals surface area contributed by atoms with Crippen molar-refractivity contribution in [2.24, 2.45) is 11.7 Å². The fourth-order valence-electron chi connectivity index (χ4n) is 3.33. The highest BCUT2D eigenvalue weighted by Gasteiger charge is 2.16. The molecule has 0 radical (unpaired) electrons. The fourth-order valence-corrected chi connectivity index (χ4v) is 3.33. The second-order valence-corrected chi connectivity index (χ2v) is 6.41. The Morgan fingerprint density at radius 2 is 1.50 bits per heavy atom. The summed E-state index contributed by atoms with van der Waals surface area (Å²) in [5.74, 6) is 0.957. The van der Waals surface area contributed by atoms with Crippen LogP contribution in [-0.4, -0.2) is 6.04 Å². The summed E-state index contributed by atoms with van der Waals surface area (Å²) in [6.07, 6.45) is 19.7. The van der Waals surface area contributed by atoms with Crippen molar-refractivity contribution >= 4 is 0 Å². The lowest BCUT2D eigenvalue weighted by atomic mass is 9.84. The lowest BCUT2D eigenvalue weighted by Gasteiger charge is -2.24. The largest absolute Gasteiger partial charge is 0.328 e. The average Bonchev–Trinajstić information content (AvgIpc) is 2.39. The molecule has 1 fully saturated rings. The van der Waals surface area contributed by atoms with Gasteiger partial charge in [-0.3, -0.25) is 0 Å². The summed E-state index contributed by atoms with van der Waals surface area (Å²) >= 11 is 0. The van der Waals surface area contributed by atoms with Crippen molar-refractivity contribution in [2.45, 2.75) is 103 Å². The summed E-state index contributed by atoms with van der Waals surface area (Å²) in [5.41, 5.74) is 6.27. The molecule has 1 aliphatic carbocycles. The molecule has 0 aromatic rings. The predicted octanol–water partition coefficient (Wildman–Crippen LogP) is 5.42. The minimum atomic E-state index is 0.490. The zero-order valence-electron chi connectivity index (χ0n) is 12.6. The van der Waals surface area contributed by atoms with Gasteiger partial charge in [-0.2, -0.15) is 0 Å². The predicted molar refractivity (Wildman–Crippen MR) is 81.8 cm³/mol. The zero-order valence-corrected chi connectivity index (χ0v) is 12.6. The van der Waals surface area contributed by atoms with E-state index in [1.165, 1.54) is 89.9 Å². The van der Waals surface area contributed by atoms with E-state index in [1.54, 1.807) is 0 Å². The van der Waals surface area contributed by atoms with Crippen molar-refractivity contribution in [3.05, 3.63) is 0 Å². The molecule has 18 heavy (non-hydrogen) atoms. The highest BCUT2D eigenvalue weighted by Crippen LogP contribution is 2.27. The molecule has 1 aliphatic rings. The summed E-state index contributed by atoms with van der Waals surface area (Å²) < 4.78 is 0. The molecule has 0 aromatic carbocycles. The third-order valence-corrected chi connectivity index (χ3v) is 4.54. The fraction of sp³-hybridized carbons (Fsp3) is 1.00. The summed E-state index contributed by atoms with van der Waals surface area (Å²) in [5, 5.41) is 0. The standard InChI is InChI=1S/C17H35N/c1-2-3-4-5-6-7-11-14-17(18)15-16-12-9-8-10-13-16/h16-17H,2-15,18H2,1H3. The quantitative estimate of drug-likeness (QED) is 0.516. The molecule has 0 amide bonds. The minimum absolute atomic E-state index is 0.490. The van der Waals surface area contributed by atoms with Gasteiger partial charge in [0, 0.05) is 6.04 Å². The van der Waals surface area contributed by atoms with Crippen LogP contribution in [0.25, 0.3) is 0 Å². The summed E-state index contributed by atoms with van der Waals surface area (Å²) in [6.45, 7) is 2.28. The molecule has 0 aliphatic heterocycles. The van der Waals surface area contributed by atoms with E-state index in [9.17, 15) is 0 Å². The van der Waals surface area contributed by atoms with Gasteiger partial charge in [-0.25, -0.2) is 0 Å². The van der Waals surface area contributed by atoms with Crippen LogP contribution >= 0.6 is 0 Å². The number of nitrogens with two attached hydrogens (primary N) is 1. The van der Waals surface area contributed by atoms with Gasteiger partial charge in [-0.05, 0) is 18.8 Å². The topological polar surface area (TPSA) is 26.0 Å². The lowest BCUT2D eigenvalue weighted by Crippen LogP contribution is -2.24. The van der Waals surface area contributed by atoms with Crippen LogP contribution in [0.1, 0.15) is 96.8 Å². The molecule has 1 nitrogen and oxygen atoms in total. The van der Waals surface area contributed by atoms with Gasteiger partial charge in [0.2, 0.25) is 0 Å². The van der Waals surface area contributed by atoms with Gasteiger partial charge in [0.25, 0.3) is 0 Å². The molecule has 108 valence electrons. The molecule has 1 heteroatoms. The van der Waals surface area contributed by atoms with Crippen LogP contribution in [0.3, 0.4) is 0 Å². The Morgan fingerprint density at radius 1 is 0.889 bits per heavy atom. The van der Waals surface area contributed by atoms with E-state index in [0.717, 1.165) is 5.92 Å². The van der Waals surface area contributed by atoms with Crippen molar-refractivity contribution in [3.63, 3.8) is 0 Å². The Hall–Kier alpha value is -0.0400. The highest BCUT2D eigenvalue weighted by molar-refractivity contribution is 4.72. The first-order valence-electron chi connectivity index (χ1n) is 8.58. The van der Waals surface area contributed by atoms with Crippen LogP contribution in [0.15, 0.2) is 0 Å². The van der Waals surface area contributed by atoms with E-state index in [0.29, 0.717) is 6.04 Å². The second kappa shape index (κ2) is 10.8. The monoisotopic (exact) mass is 253 g/mol. The molecule has 0 bridgehead atoms. The molecule has 1 rings (SSSR count). The van der Waals surface area contributed by atoms with E-state index in [1.807, 2.05) is 0 Å². The molecule has 1 atom stereocenters. The van der Waals surface area contributed by atoms with Gasteiger partial charge in [0.1, 0.15) is 0 Å². The smallest absolute Gasteiger partial charge is 0.00414 e. The molecule has 1 saturated carbocycles. The minimum Gasteiger partial charge on any atom is -0.328 e. The van der Waals surface area contributed by atoms with Crippen LogP contribution in [-0.2, 0) is 0 Å². The molecule has 0 spiro atoms. The zero-order chi connectivity index (χ0) is 13.1. The van der Waals surface area contributed by atoms with Crippen molar-refractivity contribution in [1.82, 2.24) is 0 Å². The first-order valence-corrected chi connectivity index (χ1v) is 8.58. The summed E-state index contributed by atoms with van der Waals surface area (Å²) in [4.78, 5) is 0. The molecule has 0 aromatic heterocycles. The van der Waals surface area contributed by atoms with Gasteiger partial charge in [0.05, 0.1) is 0 Å². The van der Waals surface area contributed by atoms with Gasteiger partial charge < -0.3 is 5.73 Å². The maximum absolute atomic E-state index is 6.27. The van der Waals surface area contributed by atoms with E-state index in [2.05, 4.69) is 6.92 Å². The third-order valence-electron chi connectivity index (χ3n) is 4.54. The molecule has 0 saturated heterocycles. The lowest BCUT2D eigenvalue weighted by molar-refractivity contribution is 0.309. The first-order chi connectivity index (χ1) is 8.83. The van der Waals surface area contributed by atoms with E-state index >= 15 is 0 Å². The Morgan fingerprint density at radius 3 is 2.17 bits per heavy atom. The van der Waals surface area contributed by atoms with E-state index in [4.69, 9.17) is 5.73 Å². The van der Waals surface area contributed by atoms with Crippen molar-refractivity contribution < 1.29 is 0 Å². The third kappa shape index (κ3) is 8.13. The van der Waals surface area contributed by atoms with E-state index in [-0.39, 0.29) is 0 Å². The van der Waals surface area contributed by atoms with Crippen LogP contribution in [0, 0.1) is 5.92 Å². The van der Waals surface area contributed by atoms with Crippen LogP contribution in [0.5, 0.6) is 0 Å². The maximum Gasteiger partial charge on any atom is 0.00414 e. The van der Waals surface area contributed by atoms with Gasteiger partial charge >= 0.3 is 0 Å². The Labute approximate surface area is 115 Å². The molecule has 0 heterocycles. The number of unbranched alkanes of at least 4 members (excludes halogenated alkanes) is 6. The second-order valence-electron chi connectivity index (χ2n) is 6.41. The van der Waals surface area contributed by atoms with Gasteiger partial charge in [0.15, 0.2) is 0 Å². The number of hydrogen-bond donors (Lipinski definition) is 1. The van der Waals surface area contributed by atoms with Gasteiger partial charge in [-0.1, -0.05) is 84.0 Å². The number of rotatable bonds is 10. The first kappa shape index (κ1) is 16.0. The molecule has 2 N–H and O–H groups in total. The molecular formula is C17H35N. The highest BCUT2D eigenvalue weighted by atomic mass is 14.6. The van der Waals surface area contributed by atoms with Gasteiger partial charge in [-0.15, -0.1) is 0 Å². The maximum atomic E-state index is 6.27. The number of hydrogen-bond acceptors (Lipinski definition) is 1. The van der Waals surface area contributed by atoms with Crippen molar-refractivity contribution in [3.8, 4) is 0 Å². The molecular weight excluding hydrogens is 218 g/mol. The normalized spacial score (nSPS) is 19.0. The Balaban J connectivity index is 1.88. The van der Waals surface area contributed by atoms with Crippen molar-refractivity contribution in [2.75, 3.05) is 0 Å². The van der Waals surface area contributed by atoms with E-state index < -0.39 is 0 Å².